The molecule has 19 heavy (non-hydrogen) atoms. The Kier molecular flexibility index (Phi) is 5.13. The maximum Gasteiger partial charge on any atom is 0.317 e. The maximum atomic E-state index is 13.1. The van der Waals surface area contributed by atoms with Crippen molar-refractivity contribution in [2.75, 3.05) is 13.1 Å². The number of nitro groups is 1. The average molecular weight is 268 g/mol. The van der Waals surface area contributed by atoms with Crippen LogP contribution in [0.5, 0.6) is 0 Å². The monoisotopic (exact) mass is 268 g/mol. The van der Waals surface area contributed by atoms with Crippen molar-refractivity contribution >= 4 is 11.7 Å². The van der Waals surface area contributed by atoms with Crippen molar-refractivity contribution in [3.8, 4) is 0 Å². The van der Waals surface area contributed by atoms with E-state index < -0.39 is 16.7 Å². The van der Waals surface area contributed by atoms with Gasteiger partial charge in [0.1, 0.15) is 5.82 Å². The van der Waals surface area contributed by atoms with Gasteiger partial charge in [-0.15, -0.1) is 6.58 Å². The second-order valence-corrected chi connectivity index (χ2v) is 3.88. The fraction of sp³-hybridized carbons (Fsp3) is 0.250. The molecule has 0 saturated carbocycles. The predicted molar refractivity (Wildman–Crippen MR) is 66.2 cm³/mol. The first-order chi connectivity index (χ1) is 8.93. The Hall–Kier alpha value is -2.28. The number of halogens is 1. The number of hydrogen-bond donors (Lipinski definition) is 1. The molecule has 0 aromatic heterocycles. The zero-order chi connectivity index (χ0) is 14.4. The van der Waals surface area contributed by atoms with Crippen molar-refractivity contribution in [1.29, 1.82) is 0 Å². The minimum atomic E-state index is -1.07. The number of carbonyl (C=O) groups is 1. The molecule has 0 fully saturated rings. The molecule has 0 amide bonds. The van der Waals surface area contributed by atoms with Gasteiger partial charge in [0.2, 0.25) is 0 Å². The molecule has 0 heterocycles. The molecule has 0 spiro atoms. The minimum absolute atomic E-state index is 0.0353. The van der Waals surface area contributed by atoms with Crippen LogP contribution in [-0.4, -0.2) is 34.0 Å². The molecule has 0 saturated heterocycles. The van der Waals surface area contributed by atoms with Crippen LogP contribution >= 0.6 is 0 Å². The Balaban J connectivity index is 2.99. The predicted octanol–water partition coefficient (Wildman–Crippen LogP) is 1.81. The lowest BCUT2D eigenvalue weighted by atomic mass is 10.1. The molecule has 7 heteroatoms. The number of hydrogen-bond acceptors (Lipinski definition) is 4. The quantitative estimate of drug-likeness (QED) is 0.463. The summed E-state index contributed by atoms with van der Waals surface area (Å²) in [6.07, 6.45) is 1.48. The number of carboxylic acids is 1. The van der Waals surface area contributed by atoms with Gasteiger partial charge >= 0.3 is 5.97 Å². The van der Waals surface area contributed by atoms with Crippen LogP contribution in [0.15, 0.2) is 30.9 Å². The van der Waals surface area contributed by atoms with E-state index >= 15 is 0 Å². The zero-order valence-corrected chi connectivity index (χ0v) is 10.1. The number of rotatable bonds is 7. The Morgan fingerprint density at radius 2 is 2.26 bits per heavy atom. The first kappa shape index (κ1) is 14.8. The molecule has 0 radical (unpaired) electrons. The van der Waals surface area contributed by atoms with Crippen molar-refractivity contribution < 1.29 is 19.2 Å². The third-order valence-electron chi connectivity index (χ3n) is 2.38. The van der Waals surface area contributed by atoms with E-state index in [1.807, 2.05) is 0 Å². The van der Waals surface area contributed by atoms with Gasteiger partial charge in [-0.25, -0.2) is 4.39 Å². The molecule has 1 N–H and O–H groups in total. The van der Waals surface area contributed by atoms with Gasteiger partial charge in [0, 0.05) is 24.7 Å². The smallest absolute Gasteiger partial charge is 0.317 e. The standard InChI is InChI=1S/C12H13FN2O4/c1-2-5-14(8-12(16)17)7-9-6-10(13)3-4-11(9)15(18)19/h2-4,6H,1,5,7-8H2,(H,16,17). The van der Waals surface area contributed by atoms with Gasteiger partial charge in [0.15, 0.2) is 0 Å². The summed E-state index contributed by atoms with van der Waals surface area (Å²) in [5.41, 5.74) is -0.103. The summed E-state index contributed by atoms with van der Waals surface area (Å²) in [4.78, 5) is 22.3. The molecule has 0 aliphatic carbocycles. The van der Waals surface area contributed by atoms with Crippen LogP contribution in [0.1, 0.15) is 5.56 Å². The highest BCUT2D eigenvalue weighted by Crippen LogP contribution is 2.21. The number of aliphatic carboxylic acids is 1. The van der Waals surface area contributed by atoms with E-state index in [4.69, 9.17) is 5.11 Å². The second kappa shape index (κ2) is 6.60. The molecule has 1 rings (SSSR count). The van der Waals surface area contributed by atoms with Crippen LogP contribution in [0.2, 0.25) is 0 Å². The highest BCUT2D eigenvalue weighted by molar-refractivity contribution is 5.69. The Morgan fingerprint density at radius 1 is 1.58 bits per heavy atom. The summed E-state index contributed by atoms with van der Waals surface area (Å²) in [7, 11) is 0. The first-order valence-electron chi connectivity index (χ1n) is 5.42. The van der Waals surface area contributed by atoms with E-state index in [2.05, 4.69) is 6.58 Å². The molecule has 0 unspecified atom stereocenters. The molecule has 0 aliphatic heterocycles. The van der Waals surface area contributed by atoms with Gasteiger partial charge < -0.3 is 5.11 Å². The zero-order valence-electron chi connectivity index (χ0n) is 10.1. The van der Waals surface area contributed by atoms with Gasteiger partial charge in [-0.05, 0) is 12.1 Å². The lowest BCUT2D eigenvalue weighted by molar-refractivity contribution is -0.385. The van der Waals surface area contributed by atoms with E-state index in [9.17, 15) is 19.3 Å². The van der Waals surface area contributed by atoms with Crippen LogP contribution in [0.3, 0.4) is 0 Å². The summed E-state index contributed by atoms with van der Waals surface area (Å²) in [5, 5.41) is 19.6. The van der Waals surface area contributed by atoms with Crippen LogP contribution in [0.25, 0.3) is 0 Å². The van der Waals surface area contributed by atoms with Crippen molar-refractivity contribution in [2.45, 2.75) is 6.54 Å². The lowest BCUT2D eigenvalue weighted by Gasteiger charge is -2.18. The van der Waals surface area contributed by atoms with Crippen molar-refractivity contribution in [3.63, 3.8) is 0 Å². The van der Waals surface area contributed by atoms with E-state index in [1.165, 1.54) is 11.0 Å². The van der Waals surface area contributed by atoms with Crippen LogP contribution < -0.4 is 0 Å². The molecule has 0 atom stereocenters. The topological polar surface area (TPSA) is 83.7 Å². The van der Waals surface area contributed by atoms with E-state index in [-0.39, 0.29) is 30.9 Å². The average Bonchev–Trinajstić information content (AvgIpc) is 2.27. The van der Waals surface area contributed by atoms with Crippen LogP contribution in [0, 0.1) is 15.9 Å². The third-order valence-corrected chi connectivity index (χ3v) is 2.38. The molecule has 6 nitrogen and oxygen atoms in total. The van der Waals surface area contributed by atoms with Gasteiger partial charge in [0.25, 0.3) is 5.69 Å². The molecule has 0 aliphatic rings. The van der Waals surface area contributed by atoms with Gasteiger partial charge in [-0.1, -0.05) is 6.08 Å². The number of nitro benzene ring substituents is 1. The van der Waals surface area contributed by atoms with Gasteiger partial charge in [-0.2, -0.15) is 0 Å². The van der Waals surface area contributed by atoms with Crippen molar-refractivity contribution in [1.82, 2.24) is 4.90 Å². The summed E-state index contributed by atoms with van der Waals surface area (Å²) >= 11 is 0. The highest BCUT2D eigenvalue weighted by atomic mass is 19.1. The Morgan fingerprint density at radius 3 is 2.79 bits per heavy atom. The summed E-state index contributed by atoms with van der Waals surface area (Å²) in [6, 6.07) is 3.10. The fourth-order valence-electron chi connectivity index (χ4n) is 1.66. The second-order valence-electron chi connectivity index (χ2n) is 3.88. The molecule has 0 bridgehead atoms. The molecular weight excluding hydrogens is 255 g/mol. The molecule has 102 valence electrons. The van der Waals surface area contributed by atoms with Gasteiger partial charge in [0.05, 0.1) is 11.5 Å². The summed E-state index contributed by atoms with van der Waals surface area (Å²) in [6.45, 7) is 3.38. The normalized spacial score (nSPS) is 10.4. The number of benzene rings is 1. The van der Waals surface area contributed by atoms with Crippen LogP contribution in [-0.2, 0) is 11.3 Å². The lowest BCUT2D eigenvalue weighted by Crippen LogP contribution is -2.29. The Bertz CT molecular complexity index is 505. The van der Waals surface area contributed by atoms with E-state index in [0.29, 0.717) is 0 Å². The SMILES string of the molecule is C=CCN(CC(=O)O)Cc1cc(F)ccc1[N+](=O)[O-]. The maximum absolute atomic E-state index is 13.1. The number of carboxylic acid groups (broad SMARTS) is 1. The van der Waals surface area contributed by atoms with Gasteiger partial charge in [-0.3, -0.25) is 19.8 Å². The van der Waals surface area contributed by atoms with E-state index in [1.54, 1.807) is 0 Å². The summed E-state index contributed by atoms with van der Waals surface area (Å²) < 4.78 is 13.1. The largest absolute Gasteiger partial charge is 0.480 e. The molecule has 1 aromatic rings. The van der Waals surface area contributed by atoms with Crippen molar-refractivity contribution in [2.24, 2.45) is 0 Å². The molecule has 1 aromatic carbocycles. The molecular formula is C12H13FN2O4. The first-order valence-corrected chi connectivity index (χ1v) is 5.42. The van der Waals surface area contributed by atoms with E-state index in [0.717, 1.165) is 18.2 Å². The minimum Gasteiger partial charge on any atom is -0.480 e. The van der Waals surface area contributed by atoms with Crippen molar-refractivity contribution in [3.05, 3.63) is 52.3 Å². The Labute approximate surface area is 108 Å². The summed E-state index contributed by atoms with van der Waals surface area (Å²) in [5.74, 6) is -1.67. The highest BCUT2D eigenvalue weighted by Gasteiger charge is 2.18. The number of nitrogens with zero attached hydrogens (tertiary/aromatic N) is 2. The fourth-order valence-corrected chi connectivity index (χ4v) is 1.66. The van der Waals surface area contributed by atoms with Crippen LogP contribution in [0.4, 0.5) is 10.1 Å². The third kappa shape index (κ3) is 4.47.